The first-order valence-electron chi connectivity index (χ1n) is 8.82. The van der Waals surface area contributed by atoms with Crippen LogP contribution in [-0.4, -0.2) is 25.9 Å². The Labute approximate surface area is 163 Å². The normalized spacial score (nSPS) is 18.3. The van der Waals surface area contributed by atoms with Crippen molar-refractivity contribution in [2.24, 2.45) is 5.92 Å². The van der Waals surface area contributed by atoms with Gasteiger partial charge in [-0.1, -0.05) is 47.5 Å². The quantitative estimate of drug-likeness (QED) is 0.561. The summed E-state index contributed by atoms with van der Waals surface area (Å²) in [4.78, 5) is 0. The molecule has 0 aromatic heterocycles. The standard InChI is InChI=1S/C21H20Cl2O3/c22-21(23)20(15-3-7-17(8-4-15)24-11-14-1-2-14)16-5-9-18(10-6-16)25-12-19-13-26-19/h3-10,14,19H,1-2,11-13H2. The van der Waals surface area contributed by atoms with Gasteiger partial charge in [0.1, 0.15) is 28.7 Å². The molecule has 4 rings (SSSR count). The average Bonchev–Trinajstić information content (AvgIpc) is 3.55. The molecule has 1 aliphatic heterocycles. The van der Waals surface area contributed by atoms with Crippen LogP contribution in [0.15, 0.2) is 53.0 Å². The highest BCUT2D eigenvalue weighted by Crippen LogP contribution is 2.34. The number of ether oxygens (including phenoxy) is 3. The summed E-state index contributed by atoms with van der Waals surface area (Å²) >= 11 is 12.4. The van der Waals surface area contributed by atoms with Gasteiger partial charge in [-0.2, -0.15) is 0 Å². The zero-order valence-electron chi connectivity index (χ0n) is 14.3. The summed E-state index contributed by atoms with van der Waals surface area (Å²) in [6.07, 6.45) is 2.79. The van der Waals surface area contributed by atoms with Gasteiger partial charge < -0.3 is 14.2 Å². The lowest BCUT2D eigenvalue weighted by molar-refractivity contribution is 0.263. The summed E-state index contributed by atoms with van der Waals surface area (Å²) in [6, 6.07) is 15.6. The fourth-order valence-electron chi connectivity index (χ4n) is 2.67. The maximum Gasteiger partial charge on any atom is 0.119 e. The fourth-order valence-corrected chi connectivity index (χ4v) is 3.11. The molecule has 0 spiro atoms. The van der Waals surface area contributed by atoms with Crippen LogP contribution < -0.4 is 9.47 Å². The van der Waals surface area contributed by atoms with E-state index in [0.717, 1.165) is 47.3 Å². The number of epoxide rings is 1. The van der Waals surface area contributed by atoms with Crippen LogP contribution in [-0.2, 0) is 4.74 Å². The Kier molecular flexibility index (Phi) is 5.39. The Hall–Kier alpha value is -1.68. The molecule has 0 bridgehead atoms. The predicted molar refractivity (Wildman–Crippen MR) is 104 cm³/mol. The van der Waals surface area contributed by atoms with Crippen molar-refractivity contribution in [2.75, 3.05) is 19.8 Å². The first-order chi connectivity index (χ1) is 12.7. The van der Waals surface area contributed by atoms with E-state index < -0.39 is 0 Å². The van der Waals surface area contributed by atoms with E-state index in [1.807, 2.05) is 48.5 Å². The van der Waals surface area contributed by atoms with E-state index in [-0.39, 0.29) is 10.6 Å². The molecule has 2 aromatic carbocycles. The van der Waals surface area contributed by atoms with Gasteiger partial charge in [-0.15, -0.1) is 0 Å². The topological polar surface area (TPSA) is 31.0 Å². The molecule has 2 aromatic rings. The van der Waals surface area contributed by atoms with Gasteiger partial charge in [-0.05, 0) is 54.2 Å². The van der Waals surface area contributed by atoms with Crippen molar-refractivity contribution in [3.05, 3.63) is 64.1 Å². The largest absolute Gasteiger partial charge is 0.493 e. The minimum absolute atomic E-state index is 0.233. The van der Waals surface area contributed by atoms with Crippen molar-refractivity contribution in [1.29, 1.82) is 0 Å². The number of benzene rings is 2. The molecule has 2 fully saturated rings. The van der Waals surface area contributed by atoms with Gasteiger partial charge in [-0.25, -0.2) is 0 Å². The van der Waals surface area contributed by atoms with E-state index in [1.165, 1.54) is 12.8 Å². The van der Waals surface area contributed by atoms with Crippen LogP contribution in [0.3, 0.4) is 0 Å². The Morgan fingerprint density at radius 3 is 1.77 bits per heavy atom. The molecule has 1 aliphatic carbocycles. The van der Waals surface area contributed by atoms with E-state index in [9.17, 15) is 0 Å². The van der Waals surface area contributed by atoms with E-state index in [4.69, 9.17) is 37.4 Å². The third kappa shape index (κ3) is 4.73. The van der Waals surface area contributed by atoms with Crippen molar-refractivity contribution in [3.8, 4) is 11.5 Å². The smallest absolute Gasteiger partial charge is 0.119 e. The highest BCUT2D eigenvalue weighted by Gasteiger charge is 2.23. The van der Waals surface area contributed by atoms with Gasteiger partial charge in [0, 0.05) is 5.57 Å². The maximum absolute atomic E-state index is 6.18. The van der Waals surface area contributed by atoms with Crippen molar-refractivity contribution >= 4 is 28.8 Å². The maximum atomic E-state index is 6.18. The van der Waals surface area contributed by atoms with Crippen LogP contribution in [0, 0.1) is 5.92 Å². The van der Waals surface area contributed by atoms with Gasteiger partial charge in [0.05, 0.1) is 13.2 Å². The minimum atomic E-state index is 0.233. The summed E-state index contributed by atoms with van der Waals surface area (Å²) in [5, 5.41) is 0. The lowest BCUT2D eigenvalue weighted by Gasteiger charge is -2.12. The lowest BCUT2D eigenvalue weighted by Crippen LogP contribution is -2.03. The minimum Gasteiger partial charge on any atom is -0.493 e. The first kappa shape index (κ1) is 17.7. The molecule has 1 unspecified atom stereocenters. The fraction of sp³-hybridized carbons (Fsp3) is 0.333. The molecule has 3 nitrogen and oxygen atoms in total. The molecule has 0 N–H and O–H groups in total. The molecule has 5 heteroatoms. The molecule has 0 amide bonds. The number of hydrogen-bond acceptors (Lipinski definition) is 3. The van der Waals surface area contributed by atoms with Crippen LogP contribution in [0.2, 0.25) is 0 Å². The molecule has 2 aliphatic rings. The summed E-state index contributed by atoms with van der Waals surface area (Å²) in [5.74, 6) is 2.41. The third-order valence-electron chi connectivity index (χ3n) is 4.50. The second-order valence-corrected chi connectivity index (χ2v) is 7.65. The Balaban J connectivity index is 1.46. The summed E-state index contributed by atoms with van der Waals surface area (Å²) in [7, 11) is 0. The number of hydrogen-bond donors (Lipinski definition) is 0. The molecule has 136 valence electrons. The van der Waals surface area contributed by atoms with Crippen molar-refractivity contribution in [1.82, 2.24) is 0 Å². The lowest BCUT2D eigenvalue weighted by atomic mass is 9.99. The van der Waals surface area contributed by atoms with E-state index in [0.29, 0.717) is 6.61 Å². The molecule has 26 heavy (non-hydrogen) atoms. The number of halogens is 2. The average molecular weight is 391 g/mol. The van der Waals surface area contributed by atoms with Crippen LogP contribution in [0.5, 0.6) is 11.5 Å². The van der Waals surface area contributed by atoms with Gasteiger partial charge >= 0.3 is 0 Å². The zero-order chi connectivity index (χ0) is 17.9. The summed E-state index contributed by atoms with van der Waals surface area (Å²) in [5.41, 5.74) is 2.68. The SMILES string of the molecule is ClC(Cl)=C(c1ccc(OCC2CC2)cc1)c1ccc(OCC2CO2)cc1. The van der Waals surface area contributed by atoms with Gasteiger partial charge in [-0.3, -0.25) is 0 Å². The third-order valence-corrected chi connectivity index (χ3v) is 4.87. The molecule has 1 atom stereocenters. The van der Waals surface area contributed by atoms with Crippen molar-refractivity contribution in [3.63, 3.8) is 0 Å². The van der Waals surface area contributed by atoms with E-state index in [2.05, 4.69) is 0 Å². The van der Waals surface area contributed by atoms with Crippen molar-refractivity contribution < 1.29 is 14.2 Å². The molecular weight excluding hydrogens is 371 g/mol. The van der Waals surface area contributed by atoms with E-state index in [1.54, 1.807) is 0 Å². The molecule has 1 saturated heterocycles. The monoisotopic (exact) mass is 390 g/mol. The molecule has 1 heterocycles. The van der Waals surface area contributed by atoms with Gasteiger partial charge in [0.2, 0.25) is 0 Å². The van der Waals surface area contributed by atoms with Crippen LogP contribution >= 0.6 is 23.2 Å². The summed E-state index contributed by atoms with van der Waals surface area (Å²) in [6.45, 7) is 2.17. The van der Waals surface area contributed by atoms with Gasteiger partial charge in [0.15, 0.2) is 0 Å². The van der Waals surface area contributed by atoms with Crippen LogP contribution in [0.1, 0.15) is 24.0 Å². The van der Waals surface area contributed by atoms with Crippen molar-refractivity contribution in [2.45, 2.75) is 18.9 Å². The second-order valence-electron chi connectivity index (χ2n) is 6.70. The zero-order valence-corrected chi connectivity index (χ0v) is 15.8. The Morgan fingerprint density at radius 1 is 0.846 bits per heavy atom. The predicted octanol–water partition coefficient (Wildman–Crippen LogP) is 5.45. The molecule has 1 saturated carbocycles. The molecular formula is C21H20Cl2O3. The first-order valence-corrected chi connectivity index (χ1v) is 9.58. The Bertz CT molecular complexity index is 710. The van der Waals surface area contributed by atoms with E-state index >= 15 is 0 Å². The Morgan fingerprint density at radius 2 is 1.35 bits per heavy atom. The summed E-state index contributed by atoms with van der Waals surface area (Å²) < 4.78 is 16.8. The highest BCUT2D eigenvalue weighted by molar-refractivity contribution is 6.59. The highest BCUT2D eigenvalue weighted by atomic mass is 35.5. The molecule has 0 radical (unpaired) electrons. The second kappa shape index (κ2) is 7.91. The number of rotatable bonds is 8. The van der Waals surface area contributed by atoms with Crippen LogP contribution in [0.4, 0.5) is 0 Å². The van der Waals surface area contributed by atoms with Crippen LogP contribution in [0.25, 0.3) is 5.57 Å². The van der Waals surface area contributed by atoms with Gasteiger partial charge in [0.25, 0.3) is 0 Å².